The topological polar surface area (TPSA) is 25.8 Å². The first-order chi connectivity index (χ1) is 9.90. The molecular formula is C16H15BrCl2N2. The predicted molar refractivity (Wildman–Crippen MR) is 90.8 cm³/mol. The first-order valence-corrected chi connectivity index (χ1v) is 9.01. The molecule has 1 heterocycles. The number of hydrogen-bond donors (Lipinski definition) is 0. The number of hydrogen-bond acceptors (Lipinski definition) is 2. The van der Waals surface area contributed by atoms with E-state index in [0.29, 0.717) is 16.0 Å². The van der Waals surface area contributed by atoms with E-state index in [9.17, 15) is 0 Å². The molecule has 3 unspecified atom stereocenters. The van der Waals surface area contributed by atoms with E-state index in [4.69, 9.17) is 33.2 Å². The van der Waals surface area contributed by atoms with Gasteiger partial charge >= 0.3 is 0 Å². The third-order valence-electron chi connectivity index (χ3n) is 5.83. The second-order valence-corrected chi connectivity index (χ2v) is 8.06. The molecule has 1 saturated carbocycles. The largest absolute Gasteiger partial charge is 0.249 e. The molecule has 1 aromatic carbocycles. The Morgan fingerprint density at radius 3 is 2.43 bits per heavy atom. The summed E-state index contributed by atoms with van der Waals surface area (Å²) in [7, 11) is 0. The Balaban J connectivity index is 2.03. The molecule has 2 bridgehead atoms. The molecule has 110 valence electrons. The summed E-state index contributed by atoms with van der Waals surface area (Å²) >= 11 is 16.0. The lowest BCUT2D eigenvalue weighted by Gasteiger charge is -2.36. The summed E-state index contributed by atoms with van der Waals surface area (Å²) in [6.45, 7) is 4.69. The van der Waals surface area contributed by atoms with E-state index in [-0.39, 0.29) is 10.8 Å². The second kappa shape index (κ2) is 4.33. The first-order valence-electron chi connectivity index (χ1n) is 7.14. The van der Waals surface area contributed by atoms with E-state index in [2.05, 4.69) is 29.8 Å². The maximum atomic E-state index is 6.13. The van der Waals surface area contributed by atoms with Gasteiger partial charge < -0.3 is 0 Å². The minimum absolute atomic E-state index is 0.0871. The van der Waals surface area contributed by atoms with E-state index < -0.39 is 0 Å². The summed E-state index contributed by atoms with van der Waals surface area (Å²) in [5.74, 6) is 0.475. The Bertz CT molecular complexity index is 778. The van der Waals surface area contributed by atoms with Crippen molar-refractivity contribution >= 4 is 50.2 Å². The highest BCUT2D eigenvalue weighted by Gasteiger charge is 2.63. The molecule has 4 rings (SSSR count). The van der Waals surface area contributed by atoms with Crippen molar-refractivity contribution in [1.82, 2.24) is 9.97 Å². The van der Waals surface area contributed by atoms with Crippen LogP contribution in [0.5, 0.6) is 0 Å². The molecule has 2 nitrogen and oxygen atoms in total. The van der Waals surface area contributed by atoms with Gasteiger partial charge in [-0.05, 0) is 30.4 Å². The summed E-state index contributed by atoms with van der Waals surface area (Å²) in [6.07, 6.45) is 2.36. The van der Waals surface area contributed by atoms with Crippen LogP contribution in [-0.4, -0.2) is 15.3 Å². The predicted octanol–water partition coefficient (Wildman–Crippen LogP) is 5.49. The van der Waals surface area contributed by atoms with Crippen LogP contribution in [0.25, 0.3) is 11.0 Å². The second-order valence-electron chi connectivity index (χ2n) is 6.69. The number of benzene rings is 1. The molecule has 5 heteroatoms. The fraction of sp³-hybridized carbons (Fsp3) is 0.500. The van der Waals surface area contributed by atoms with Gasteiger partial charge in [0.25, 0.3) is 0 Å². The molecule has 2 aliphatic rings. The van der Waals surface area contributed by atoms with Gasteiger partial charge in [0.2, 0.25) is 0 Å². The van der Waals surface area contributed by atoms with Crippen LogP contribution >= 0.6 is 39.1 Å². The van der Waals surface area contributed by atoms with Gasteiger partial charge in [-0.25, -0.2) is 9.97 Å². The summed E-state index contributed by atoms with van der Waals surface area (Å²) in [5, 5.41) is 2.04. The van der Waals surface area contributed by atoms with E-state index in [1.165, 1.54) is 12.8 Å². The van der Waals surface area contributed by atoms with E-state index in [0.717, 1.165) is 27.8 Å². The molecule has 2 aromatic rings. The smallest absolute Gasteiger partial charge is 0.0906 e. The zero-order chi connectivity index (χ0) is 15.0. The van der Waals surface area contributed by atoms with Crippen LogP contribution < -0.4 is 0 Å². The van der Waals surface area contributed by atoms with Crippen LogP contribution in [0.4, 0.5) is 0 Å². The average Bonchev–Trinajstić information content (AvgIpc) is 2.81. The number of rotatable bonds is 1. The fourth-order valence-corrected chi connectivity index (χ4v) is 5.53. The minimum atomic E-state index is 0.0871. The lowest BCUT2D eigenvalue weighted by atomic mass is 9.70. The fourth-order valence-electron chi connectivity index (χ4n) is 4.20. The Labute approximate surface area is 142 Å². The quantitative estimate of drug-likeness (QED) is 0.606. The minimum Gasteiger partial charge on any atom is -0.249 e. The van der Waals surface area contributed by atoms with Gasteiger partial charge in [-0.1, -0.05) is 53.0 Å². The molecule has 21 heavy (non-hydrogen) atoms. The van der Waals surface area contributed by atoms with Gasteiger partial charge in [0.05, 0.1) is 32.5 Å². The highest BCUT2D eigenvalue weighted by Crippen LogP contribution is 2.67. The molecule has 3 atom stereocenters. The Kier molecular flexibility index (Phi) is 2.94. The molecule has 1 aromatic heterocycles. The number of nitrogens with zero attached hydrogens (tertiary/aromatic N) is 2. The summed E-state index contributed by atoms with van der Waals surface area (Å²) in [6, 6.07) is 3.65. The Morgan fingerprint density at radius 2 is 1.81 bits per heavy atom. The number of aromatic nitrogens is 2. The molecule has 2 aliphatic carbocycles. The molecular weight excluding hydrogens is 371 g/mol. The summed E-state index contributed by atoms with van der Waals surface area (Å²) in [4.78, 5) is 9.83. The van der Waals surface area contributed by atoms with Crippen molar-refractivity contribution in [1.29, 1.82) is 0 Å². The standard InChI is InChI=1S/C16H15BrCl2N2/c1-15-4-3-8(16(15,2)7-17)13-14(15)21-12-6-10(19)9(18)5-11(12)20-13/h5-6,8H,3-4,7H2,1-2H3. The number of halogens is 3. The summed E-state index contributed by atoms with van der Waals surface area (Å²) < 4.78 is 0. The van der Waals surface area contributed by atoms with Crippen LogP contribution in [0.3, 0.4) is 0 Å². The molecule has 1 fully saturated rings. The van der Waals surface area contributed by atoms with Gasteiger partial charge in [0.1, 0.15) is 0 Å². The van der Waals surface area contributed by atoms with Crippen molar-refractivity contribution in [3.05, 3.63) is 33.6 Å². The molecule has 0 spiro atoms. The maximum Gasteiger partial charge on any atom is 0.0906 e. The van der Waals surface area contributed by atoms with E-state index in [1.807, 2.05) is 12.1 Å². The van der Waals surface area contributed by atoms with Crippen molar-refractivity contribution in [2.75, 3.05) is 5.33 Å². The van der Waals surface area contributed by atoms with Crippen molar-refractivity contribution in [3.63, 3.8) is 0 Å². The molecule has 0 aliphatic heterocycles. The van der Waals surface area contributed by atoms with Crippen molar-refractivity contribution in [3.8, 4) is 0 Å². The molecule has 0 amide bonds. The lowest BCUT2D eigenvalue weighted by Crippen LogP contribution is -2.36. The average molecular weight is 386 g/mol. The SMILES string of the molecule is CC12CCC(c3nc4cc(Cl)c(Cl)cc4nc31)C2(C)CBr. The molecule has 0 N–H and O–H groups in total. The van der Waals surface area contributed by atoms with Crippen molar-refractivity contribution < 1.29 is 0 Å². The van der Waals surface area contributed by atoms with Crippen molar-refractivity contribution in [2.24, 2.45) is 5.41 Å². The normalized spacial score (nSPS) is 33.7. The van der Waals surface area contributed by atoms with Crippen LogP contribution in [-0.2, 0) is 5.41 Å². The van der Waals surface area contributed by atoms with Crippen LogP contribution in [0, 0.1) is 5.41 Å². The number of fused-ring (bicyclic) bond motifs is 6. The van der Waals surface area contributed by atoms with Crippen LogP contribution in [0.2, 0.25) is 10.0 Å². The van der Waals surface area contributed by atoms with Gasteiger partial charge in [-0.2, -0.15) is 0 Å². The van der Waals surface area contributed by atoms with Crippen LogP contribution in [0.15, 0.2) is 12.1 Å². The van der Waals surface area contributed by atoms with Crippen molar-refractivity contribution in [2.45, 2.75) is 38.0 Å². The summed E-state index contributed by atoms with van der Waals surface area (Å²) in [5.41, 5.74) is 4.28. The Hall–Kier alpha value is -0.380. The van der Waals surface area contributed by atoms with Gasteiger partial charge in [0, 0.05) is 16.7 Å². The van der Waals surface area contributed by atoms with E-state index in [1.54, 1.807) is 0 Å². The van der Waals surface area contributed by atoms with Gasteiger partial charge in [-0.15, -0.1) is 0 Å². The Morgan fingerprint density at radius 1 is 1.19 bits per heavy atom. The monoisotopic (exact) mass is 384 g/mol. The zero-order valence-corrected chi connectivity index (χ0v) is 15.0. The van der Waals surface area contributed by atoms with Gasteiger partial charge in [-0.3, -0.25) is 0 Å². The van der Waals surface area contributed by atoms with Crippen LogP contribution in [0.1, 0.15) is 44.0 Å². The third kappa shape index (κ3) is 1.60. The first kappa shape index (κ1) is 14.2. The zero-order valence-electron chi connectivity index (χ0n) is 11.9. The van der Waals surface area contributed by atoms with E-state index >= 15 is 0 Å². The molecule has 0 radical (unpaired) electrons. The lowest BCUT2D eigenvalue weighted by molar-refractivity contribution is 0.236. The van der Waals surface area contributed by atoms with Gasteiger partial charge in [0.15, 0.2) is 0 Å². The molecule has 0 saturated heterocycles. The maximum absolute atomic E-state index is 6.13. The number of alkyl halides is 1. The third-order valence-corrected chi connectivity index (χ3v) is 7.71. The highest BCUT2D eigenvalue weighted by atomic mass is 79.9. The highest BCUT2D eigenvalue weighted by molar-refractivity contribution is 9.09.